The van der Waals surface area contributed by atoms with Crippen LogP contribution in [0.1, 0.15) is 5.56 Å². The number of ether oxygens (including phenoxy) is 1. The van der Waals surface area contributed by atoms with Crippen molar-refractivity contribution in [3.63, 3.8) is 0 Å². The van der Waals surface area contributed by atoms with Crippen LogP contribution in [0.3, 0.4) is 0 Å². The first kappa shape index (κ1) is 20.8. The minimum atomic E-state index is -3.33. The SMILES string of the molecule is COc1ccc(Cl)cc1CCNc1cc(N2CCNCC2)ccc1S(C)(=O)=O. The molecule has 0 aromatic heterocycles. The molecule has 0 atom stereocenters. The molecule has 0 spiro atoms. The molecule has 6 nitrogen and oxygen atoms in total. The highest BCUT2D eigenvalue weighted by atomic mass is 35.5. The lowest BCUT2D eigenvalue weighted by Crippen LogP contribution is -2.43. The molecule has 1 fully saturated rings. The monoisotopic (exact) mass is 423 g/mol. The van der Waals surface area contributed by atoms with Crippen molar-refractivity contribution in [2.75, 3.05) is 56.3 Å². The normalized spacial score (nSPS) is 14.8. The van der Waals surface area contributed by atoms with Gasteiger partial charge in [0.2, 0.25) is 0 Å². The van der Waals surface area contributed by atoms with Gasteiger partial charge < -0.3 is 20.3 Å². The summed E-state index contributed by atoms with van der Waals surface area (Å²) >= 11 is 6.10. The molecule has 8 heteroatoms. The molecule has 1 aliphatic heterocycles. The van der Waals surface area contributed by atoms with Crippen molar-refractivity contribution in [1.82, 2.24) is 5.32 Å². The number of halogens is 1. The van der Waals surface area contributed by atoms with E-state index in [1.807, 2.05) is 24.3 Å². The van der Waals surface area contributed by atoms with Crippen LogP contribution in [0.2, 0.25) is 5.02 Å². The number of hydrogen-bond acceptors (Lipinski definition) is 6. The first-order chi connectivity index (χ1) is 13.4. The highest BCUT2D eigenvalue weighted by Crippen LogP contribution is 2.28. The van der Waals surface area contributed by atoms with Gasteiger partial charge in [0.1, 0.15) is 5.75 Å². The second-order valence-electron chi connectivity index (χ2n) is 6.82. The Morgan fingerprint density at radius 2 is 1.93 bits per heavy atom. The third-order valence-electron chi connectivity index (χ3n) is 4.80. The molecule has 2 N–H and O–H groups in total. The second-order valence-corrected chi connectivity index (χ2v) is 9.24. The molecule has 3 rings (SSSR count). The Hall–Kier alpha value is -1.96. The number of benzene rings is 2. The van der Waals surface area contributed by atoms with Crippen LogP contribution in [-0.4, -0.2) is 54.5 Å². The average Bonchev–Trinajstić information content (AvgIpc) is 2.68. The van der Waals surface area contributed by atoms with E-state index in [0.717, 1.165) is 43.2 Å². The van der Waals surface area contributed by atoms with E-state index < -0.39 is 9.84 Å². The summed E-state index contributed by atoms with van der Waals surface area (Å²) in [5.74, 6) is 0.768. The summed E-state index contributed by atoms with van der Waals surface area (Å²) in [5.41, 5.74) is 2.62. The summed E-state index contributed by atoms with van der Waals surface area (Å²) in [5, 5.41) is 7.27. The van der Waals surface area contributed by atoms with Crippen LogP contribution in [0.25, 0.3) is 0 Å². The van der Waals surface area contributed by atoms with E-state index in [9.17, 15) is 8.42 Å². The number of methoxy groups -OCH3 is 1. The number of rotatable bonds is 7. The standard InChI is InChI=1S/C20H26ClN3O3S/c1-27-19-5-3-16(21)13-15(19)7-8-23-18-14-17(24-11-9-22-10-12-24)4-6-20(18)28(2,25)26/h3-6,13-14,22-23H,7-12H2,1-2H3. The molecule has 1 aliphatic rings. The van der Waals surface area contributed by atoms with Crippen LogP contribution in [0.15, 0.2) is 41.3 Å². The summed E-state index contributed by atoms with van der Waals surface area (Å²) in [6.07, 6.45) is 1.89. The van der Waals surface area contributed by atoms with Gasteiger partial charge in [-0.25, -0.2) is 8.42 Å². The quantitative estimate of drug-likeness (QED) is 0.713. The molecule has 0 radical (unpaired) electrons. The highest BCUT2D eigenvalue weighted by molar-refractivity contribution is 7.90. The Kier molecular flexibility index (Phi) is 6.69. The summed E-state index contributed by atoms with van der Waals surface area (Å²) in [4.78, 5) is 2.57. The van der Waals surface area contributed by atoms with Gasteiger partial charge in [0.25, 0.3) is 0 Å². The molecule has 0 saturated carbocycles. The molecule has 2 aromatic carbocycles. The van der Waals surface area contributed by atoms with Gasteiger partial charge in [-0.2, -0.15) is 0 Å². The molecule has 0 unspecified atom stereocenters. The second kappa shape index (κ2) is 9.03. The Morgan fingerprint density at radius 3 is 2.61 bits per heavy atom. The van der Waals surface area contributed by atoms with E-state index in [-0.39, 0.29) is 0 Å². The van der Waals surface area contributed by atoms with Crippen LogP contribution in [0, 0.1) is 0 Å². The number of hydrogen-bond donors (Lipinski definition) is 2. The van der Waals surface area contributed by atoms with Crippen LogP contribution in [0.4, 0.5) is 11.4 Å². The van der Waals surface area contributed by atoms with Crippen molar-refractivity contribution >= 4 is 32.8 Å². The van der Waals surface area contributed by atoms with Crippen molar-refractivity contribution in [2.24, 2.45) is 0 Å². The minimum absolute atomic E-state index is 0.310. The van der Waals surface area contributed by atoms with E-state index in [2.05, 4.69) is 15.5 Å². The maximum atomic E-state index is 12.2. The Labute approximate surface area is 171 Å². The van der Waals surface area contributed by atoms with Crippen molar-refractivity contribution in [2.45, 2.75) is 11.3 Å². The summed E-state index contributed by atoms with van der Waals surface area (Å²) in [6.45, 7) is 4.20. The van der Waals surface area contributed by atoms with Crippen molar-refractivity contribution in [3.8, 4) is 5.75 Å². The molecule has 0 amide bonds. The van der Waals surface area contributed by atoms with Gasteiger partial charge in [-0.1, -0.05) is 11.6 Å². The lowest BCUT2D eigenvalue weighted by molar-refractivity contribution is 0.410. The number of anilines is 2. The Morgan fingerprint density at radius 1 is 1.18 bits per heavy atom. The van der Waals surface area contributed by atoms with Crippen LogP contribution >= 0.6 is 11.6 Å². The smallest absolute Gasteiger partial charge is 0.177 e. The lowest BCUT2D eigenvalue weighted by Gasteiger charge is -2.30. The Balaban J connectivity index is 1.80. The predicted molar refractivity (Wildman–Crippen MR) is 115 cm³/mol. The van der Waals surface area contributed by atoms with E-state index in [1.165, 1.54) is 6.26 Å². The number of sulfone groups is 1. The fraction of sp³-hybridized carbons (Fsp3) is 0.400. The molecule has 0 aliphatic carbocycles. The predicted octanol–water partition coefficient (Wildman–Crippen LogP) is 2.82. The molecule has 0 bridgehead atoms. The van der Waals surface area contributed by atoms with Crippen molar-refractivity contribution in [1.29, 1.82) is 0 Å². The zero-order valence-corrected chi connectivity index (χ0v) is 17.7. The van der Waals surface area contributed by atoms with Gasteiger partial charge in [-0.15, -0.1) is 0 Å². The van der Waals surface area contributed by atoms with Crippen LogP contribution in [0.5, 0.6) is 5.75 Å². The maximum absolute atomic E-state index is 12.2. The van der Waals surface area contributed by atoms with Gasteiger partial charge in [0.15, 0.2) is 9.84 Å². The average molecular weight is 424 g/mol. The Bertz CT molecular complexity index is 928. The molecule has 2 aromatic rings. The molecule has 152 valence electrons. The molecular weight excluding hydrogens is 398 g/mol. The molecular formula is C20H26ClN3O3S. The van der Waals surface area contributed by atoms with Crippen molar-refractivity contribution in [3.05, 3.63) is 47.0 Å². The fourth-order valence-corrected chi connectivity index (χ4v) is 4.41. The first-order valence-electron chi connectivity index (χ1n) is 9.24. The third-order valence-corrected chi connectivity index (χ3v) is 6.19. The maximum Gasteiger partial charge on any atom is 0.177 e. The van der Waals surface area contributed by atoms with Gasteiger partial charge in [-0.05, 0) is 48.4 Å². The van der Waals surface area contributed by atoms with Crippen LogP contribution < -0.4 is 20.3 Å². The molecule has 1 saturated heterocycles. The number of nitrogens with zero attached hydrogens (tertiary/aromatic N) is 1. The summed E-state index contributed by atoms with van der Waals surface area (Å²) in [6, 6.07) is 11.0. The zero-order chi connectivity index (χ0) is 20.1. The molecule has 1 heterocycles. The van der Waals surface area contributed by atoms with E-state index in [1.54, 1.807) is 19.2 Å². The third kappa shape index (κ3) is 5.10. The van der Waals surface area contributed by atoms with Crippen LogP contribution in [-0.2, 0) is 16.3 Å². The van der Waals surface area contributed by atoms with E-state index in [4.69, 9.17) is 16.3 Å². The largest absolute Gasteiger partial charge is 0.496 e. The van der Waals surface area contributed by atoms with E-state index >= 15 is 0 Å². The lowest BCUT2D eigenvalue weighted by atomic mass is 10.1. The number of nitrogens with one attached hydrogen (secondary N) is 2. The topological polar surface area (TPSA) is 70.7 Å². The van der Waals surface area contributed by atoms with Gasteiger partial charge >= 0.3 is 0 Å². The fourth-order valence-electron chi connectivity index (χ4n) is 3.37. The zero-order valence-electron chi connectivity index (χ0n) is 16.2. The van der Waals surface area contributed by atoms with Gasteiger partial charge in [0, 0.05) is 49.7 Å². The van der Waals surface area contributed by atoms with Crippen molar-refractivity contribution < 1.29 is 13.2 Å². The summed E-state index contributed by atoms with van der Waals surface area (Å²) < 4.78 is 29.8. The highest BCUT2D eigenvalue weighted by Gasteiger charge is 2.17. The van der Waals surface area contributed by atoms with E-state index in [0.29, 0.717) is 28.6 Å². The molecule has 28 heavy (non-hydrogen) atoms. The van der Waals surface area contributed by atoms with Gasteiger partial charge in [-0.3, -0.25) is 0 Å². The van der Waals surface area contributed by atoms with Gasteiger partial charge in [0.05, 0.1) is 17.7 Å². The summed E-state index contributed by atoms with van der Waals surface area (Å²) in [7, 11) is -1.71. The first-order valence-corrected chi connectivity index (χ1v) is 11.5. The number of piperazine rings is 1. The minimum Gasteiger partial charge on any atom is -0.496 e.